The summed E-state index contributed by atoms with van der Waals surface area (Å²) in [5.74, 6) is 0.196. The highest BCUT2D eigenvalue weighted by molar-refractivity contribution is 5.71. The Morgan fingerprint density at radius 2 is 2.27 bits per heavy atom. The number of amides is 2. The summed E-state index contributed by atoms with van der Waals surface area (Å²) in [6, 6.07) is -0.590. The minimum Gasteiger partial charge on any atom is -0.391 e. The predicted octanol–water partition coefficient (Wildman–Crippen LogP) is 0.0617. The topological polar surface area (TPSA) is 75.3 Å². The maximum atomic E-state index is 10.2. The van der Waals surface area contributed by atoms with Gasteiger partial charge in [-0.25, -0.2) is 4.79 Å². The van der Waals surface area contributed by atoms with Gasteiger partial charge >= 0.3 is 6.03 Å². The van der Waals surface area contributed by atoms with Crippen LogP contribution in [0.25, 0.3) is 0 Å². The summed E-state index contributed by atoms with van der Waals surface area (Å²) in [5, 5.41) is 11.6. The molecule has 2 amide bonds. The van der Waals surface area contributed by atoms with E-state index >= 15 is 0 Å². The fourth-order valence-corrected chi connectivity index (χ4v) is 0.678. The van der Waals surface area contributed by atoms with Gasteiger partial charge in [-0.2, -0.15) is 0 Å². The minimum atomic E-state index is -0.590. The number of nitrogens with two attached hydrogens (primary N) is 1. The van der Waals surface area contributed by atoms with E-state index < -0.39 is 12.1 Å². The normalized spacial score (nSPS) is 15.5. The van der Waals surface area contributed by atoms with Gasteiger partial charge in [0.15, 0.2) is 0 Å². The fraction of sp³-hybridized carbons (Fsp3) is 0.857. The molecule has 11 heavy (non-hydrogen) atoms. The van der Waals surface area contributed by atoms with Crippen LogP contribution in [0, 0.1) is 5.92 Å². The van der Waals surface area contributed by atoms with Gasteiger partial charge in [0.05, 0.1) is 6.10 Å². The van der Waals surface area contributed by atoms with Gasteiger partial charge in [0, 0.05) is 6.54 Å². The van der Waals surface area contributed by atoms with Crippen LogP contribution in [0.5, 0.6) is 0 Å². The zero-order valence-corrected chi connectivity index (χ0v) is 7.00. The number of hydrogen-bond acceptors (Lipinski definition) is 2. The minimum absolute atomic E-state index is 0.196. The van der Waals surface area contributed by atoms with Gasteiger partial charge in [0.2, 0.25) is 0 Å². The Morgan fingerprint density at radius 3 is 2.64 bits per heavy atom. The van der Waals surface area contributed by atoms with Crippen molar-refractivity contribution in [1.29, 1.82) is 0 Å². The van der Waals surface area contributed by atoms with Crippen molar-refractivity contribution in [2.45, 2.75) is 26.4 Å². The lowest BCUT2D eigenvalue weighted by Gasteiger charge is -2.16. The first-order valence-corrected chi connectivity index (χ1v) is 3.79. The Morgan fingerprint density at radius 1 is 1.73 bits per heavy atom. The zero-order chi connectivity index (χ0) is 8.85. The van der Waals surface area contributed by atoms with E-state index in [9.17, 15) is 9.90 Å². The molecule has 0 rings (SSSR count). The molecule has 4 heteroatoms. The third-order valence-electron chi connectivity index (χ3n) is 1.79. The number of aliphatic hydroxyl groups is 1. The van der Waals surface area contributed by atoms with Crippen LogP contribution < -0.4 is 11.1 Å². The molecule has 2 unspecified atom stereocenters. The van der Waals surface area contributed by atoms with Gasteiger partial charge in [0.25, 0.3) is 0 Å². The molecule has 0 aliphatic heterocycles. The maximum Gasteiger partial charge on any atom is 0.312 e. The largest absolute Gasteiger partial charge is 0.391 e. The molecule has 4 nitrogen and oxygen atoms in total. The van der Waals surface area contributed by atoms with E-state index in [1.165, 1.54) is 0 Å². The van der Waals surface area contributed by atoms with E-state index in [4.69, 9.17) is 5.73 Å². The highest BCUT2D eigenvalue weighted by atomic mass is 16.3. The second-order valence-corrected chi connectivity index (χ2v) is 2.70. The standard InChI is InChI=1S/C7H16N2O2/c1-3-5(2)6(10)4-9-7(8)11/h5-6,10H,3-4H2,1-2H3,(H3,8,9,11). The molecule has 0 aliphatic rings. The van der Waals surface area contributed by atoms with Crippen LogP contribution in [-0.4, -0.2) is 23.8 Å². The van der Waals surface area contributed by atoms with Gasteiger partial charge in [-0.3, -0.25) is 0 Å². The summed E-state index contributed by atoms with van der Waals surface area (Å²) in [6.07, 6.45) is 0.397. The number of aliphatic hydroxyl groups excluding tert-OH is 1. The van der Waals surface area contributed by atoms with Crippen LogP contribution in [0.3, 0.4) is 0 Å². The molecular weight excluding hydrogens is 144 g/mol. The van der Waals surface area contributed by atoms with Crippen LogP contribution in [0.1, 0.15) is 20.3 Å². The van der Waals surface area contributed by atoms with Crippen molar-refractivity contribution < 1.29 is 9.90 Å². The first-order chi connectivity index (χ1) is 5.07. The lowest BCUT2D eigenvalue weighted by atomic mass is 10.0. The van der Waals surface area contributed by atoms with Crippen molar-refractivity contribution in [3.05, 3.63) is 0 Å². The average molecular weight is 160 g/mol. The lowest BCUT2D eigenvalue weighted by molar-refractivity contribution is 0.115. The van der Waals surface area contributed by atoms with Crippen molar-refractivity contribution in [3.8, 4) is 0 Å². The number of carbonyl (C=O) groups excluding carboxylic acids is 1. The second-order valence-electron chi connectivity index (χ2n) is 2.70. The van der Waals surface area contributed by atoms with Crippen LogP contribution >= 0.6 is 0 Å². The summed E-state index contributed by atoms with van der Waals surface area (Å²) in [5.41, 5.74) is 4.82. The summed E-state index contributed by atoms with van der Waals surface area (Å²) in [6.45, 7) is 4.15. The summed E-state index contributed by atoms with van der Waals surface area (Å²) in [4.78, 5) is 10.2. The molecule has 4 N–H and O–H groups in total. The van der Waals surface area contributed by atoms with E-state index in [1.807, 2.05) is 13.8 Å². The summed E-state index contributed by atoms with van der Waals surface area (Å²) >= 11 is 0. The molecule has 0 bridgehead atoms. The molecular formula is C7H16N2O2. The second kappa shape index (κ2) is 4.96. The van der Waals surface area contributed by atoms with Gasteiger partial charge in [0.1, 0.15) is 0 Å². The van der Waals surface area contributed by atoms with Crippen LogP contribution in [0.15, 0.2) is 0 Å². The molecule has 0 heterocycles. The van der Waals surface area contributed by atoms with Gasteiger partial charge < -0.3 is 16.2 Å². The van der Waals surface area contributed by atoms with Crippen molar-refractivity contribution in [3.63, 3.8) is 0 Å². The molecule has 0 aliphatic carbocycles. The monoisotopic (exact) mass is 160 g/mol. The number of urea groups is 1. The Bertz CT molecular complexity index is 128. The number of hydrogen-bond donors (Lipinski definition) is 3. The number of primary amides is 1. The Labute approximate surface area is 66.8 Å². The lowest BCUT2D eigenvalue weighted by Crippen LogP contribution is -2.38. The molecule has 0 saturated heterocycles. The van der Waals surface area contributed by atoms with Crippen molar-refractivity contribution in [1.82, 2.24) is 5.32 Å². The molecule has 66 valence electrons. The Hall–Kier alpha value is -0.770. The summed E-state index contributed by atoms with van der Waals surface area (Å²) in [7, 11) is 0. The van der Waals surface area contributed by atoms with E-state index in [-0.39, 0.29) is 12.5 Å². The molecule has 0 aromatic carbocycles. The predicted molar refractivity (Wildman–Crippen MR) is 43.0 cm³/mol. The van der Waals surface area contributed by atoms with Gasteiger partial charge in [-0.05, 0) is 5.92 Å². The highest BCUT2D eigenvalue weighted by Crippen LogP contribution is 2.05. The smallest absolute Gasteiger partial charge is 0.312 e. The number of carbonyl (C=O) groups is 1. The van der Waals surface area contributed by atoms with E-state index in [0.717, 1.165) is 6.42 Å². The zero-order valence-electron chi connectivity index (χ0n) is 7.00. The third kappa shape index (κ3) is 4.61. The first kappa shape index (κ1) is 10.2. The number of rotatable bonds is 4. The maximum absolute atomic E-state index is 10.2. The molecule has 2 atom stereocenters. The molecule has 0 spiro atoms. The Balaban J connectivity index is 3.51. The van der Waals surface area contributed by atoms with Crippen LogP contribution in [0.2, 0.25) is 0 Å². The summed E-state index contributed by atoms with van der Waals surface area (Å²) < 4.78 is 0. The van der Waals surface area contributed by atoms with Gasteiger partial charge in [-0.15, -0.1) is 0 Å². The van der Waals surface area contributed by atoms with Crippen molar-refractivity contribution >= 4 is 6.03 Å². The SMILES string of the molecule is CCC(C)C(O)CNC(N)=O. The van der Waals surface area contributed by atoms with Crippen molar-refractivity contribution in [2.75, 3.05) is 6.54 Å². The molecule has 0 radical (unpaired) electrons. The van der Waals surface area contributed by atoms with Crippen LogP contribution in [0.4, 0.5) is 4.79 Å². The fourth-order valence-electron chi connectivity index (χ4n) is 0.678. The van der Waals surface area contributed by atoms with Gasteiger partial charge in [-0.1, -0.05) is 20.3 Å². The van der Waals surface area contributed by atoms with E-state index in [2.05, 4.69) is 5.32 Å². The molecule has 0 saturated carbocycles. The molecule has 0 aromatic rings. The first-order valence-electron chi connectivity index (χ1n) is 3.79. The van der Waals surface area contributed by atoms with E-state index in [1.54, 1.807) is 0 Å². The third-order valence-corrected chi connectivity index (χ3v) is 1.79. The van der Waals surface area contributed by atoms with Crippen molar-refractivity contribution in [2.24, 2.45) is 11.7 Å². The number of nitrogens with one attached hydrogen (secondary N) is 1. The molecule has 0 aromatic heterocycles. The van der Waals surface area contributed by atoms with Crippen LogP contribution in [-0.2, 0) is 0 Å². The molecule has 0 fully saturated rings. The Kier molecular flexibility index (Phi) is 4.61. The quantitative estimate of drug-likeness (QED) is 0.544. The average Bonchev–Trinajstić information content (AvgIpc) is 1.98. The highest BCUT2D eigenvalue weighted by Gasteiger charge is 2.11. The van der Waals surface area contributed by atoms with E-state index in [0.29, 0.717) is 0 Å².